The Morgan fingerprint density at radius 3 is 2.69 bits per heavy atom. The van der Waals surface area contributed by atoms with Crippen molar-refractivity contribution in [2.75, 3.05) is 19.6 Å². The zero-order chi connectivity index (χ0) is 9.31. The highest BCUT2D eigenvalue weighted by molar-refractivity contribution is 4.91. The predicted molar refractivity (Wildman–Crippen MR) is 53.6 cm³/mol. The van der Waals surface area contributed by atoms with Crippen molar-refractivity contribution in [1.82, 2.24) is 4.90 Å². The van der Waals surface area contributed by atoms with E-state index in [0.717, 1.165) is 25.2 Å². The molecule has 1 aliphatic carbocycles. The highest BCUT2D eigenvalue weighted by atomic mass is 16.3. The highest BCUT2D eigenvalue weighted by Gasteiger charge is 2.38. The van der Waals surface area contributed by atoms with Crippen molar-refractivity contribution in [3.8, 4) is 0 Å². The van der Waals surface area contributed by atoms with Crippen LogP contribution < -0.4 is 0 Å². The molecule has 0 radical (unpaired) electrons. The van der Waals surface area contributed by atoms with Gasteiger partial charge < -0.3 is 10.0 Å². The van der Waals surface area contributed by atoms with E-state index in [4.69, 9.17) is 0 Å². The molecule has 1 heterocycles. The van der Waals surface area contributed by atoms with Crippen LogP contribution in [0.25, 0.3) is 0 Å². The molecule has 2 aliphatic rings. The van der Waals surface area contributed by atoms with Crippen LogP contribution in [-0.2, 0) is 0 Å². The van der Waals surface area contributed by atoms with E-state index >= 15 is 0 Å². The first-order valence-corrected chi connectivity index (χ1v) is 5.66. The van der Waals surface area contributed by atoms with E-state index in [1.807, 2.05) is 0 Å². The molecule has 13 heavy (non-hydrogen) atoms. The molecule has 0 aromatic rings. The van der Waals surface area contributed by atoms with E-state index in [0.29, 0.717) is 0 Å². The van der Waals surface area contributed by atoms with Gasteiger partial charge in [0.05, 0.1) is 5.60 Å². The van der Waals surface area contributed by atoms with Crippen molar-refractivity contribution in [2.24, 2.45) is 5.92 Å². The summed E-state index contributed by atoms with van der Waals surface area (Å²) in [4.78, 5) is 2.49. The van der Waals surface area contributed by atoms with Gasteiger partial charge in [0, 0.05) is 6.54 Å². The highest BCUT2D eigenvalue weighted by Crippen LogP contribution is 2.39. The molecule has 1 saturated heterocycles. The summed E-state index contributed by atoms with van der Waals surface area (Å²) in [6, 6.07) is 0. The summed E-state index contributed by atoms with van der Waals surface area (Å²) in [7, 11) is 0. The van der Waals surface area contributed by atoms with Crippen LogP contribution in [0.1, 0.15) is 39.0 Å². The molecule has 1 unspecified atom stereocenters. The lowest BCUT2D eigenvalue weighted by molar-refractivity contribution is -0.0515. The average molecular weight is 183 g/mol. The second-order valence-electron chi connectivity index (χ2n) is 4.83. The summed E-state index contributed by atoms with van der Waals surface area (Å²) in [5, 5.41) is 10.0. The van der Waals surface area contributed by atoms with Crippen molar-refractivity contribution < 1.29 is 5.11 Å². The molecule has 1 atom stereocenters. The van der Waals surface area contributed by atoms with E-state index in [1.165, 1.54) is 32.5 Å². The Morgan fingerprint density at radius 2 is 2.23 bits per heavy atom. The van der Waals surface area contributed by atoms with Crippen molar-refractivity contribution in [3.63, 3.8) is 0 Å². The third-order valence-corrected chi connectivity index (χ3v) is 3.77. The van der Waals surface area contributed by atoms with Crippen LogP contribution in [0.2, 0.25) is 0 Å². The fraction of sp³-hybridized carbons (Fsp3) is 1.00. The first kappa shape index (κ1) is 9.47. The minimum Gasteiger partial charge on any atom is -0.390 e. The summed E-state index contributed by atoms with van der Waals surface area (Å²) < 4.78 is 0. The first-order valence-electron chi connectivity index (χ1n) is 5.66. The van der Waals surface area contributed by atoms with Gasteiger partial charge in [-0.1, -0.05) is 6.92 Å². The maximum absolute atomic E-state index is 10.0. The lowest BCUT2D eigenvalue weighted by atomic mass is 9.74. The largest absolute Gasteiger partial charge is 0.390 e. The zero-order valence-electron chi connectivity index (χ0n) is 8.63. The Hall–Kier alpha value is -0.0800. The van der Waals surface area contributed by atoms with Gasteiger partial charge >= 0.3 is 0 Å². The molecule has 0 aromatic carbocycles. The van der Waals surface area contributed by atoms with Crippen molar-refractivity contribution in [2.45, 2.75) is 44.6 Å². The summed E-state index contributed by atoms with van der Waals surface area (Å²) >= 11 is 0. The molecular formula is C11H21NO. The topological polar surface area (TPSA) is 23.5 Å². The second kappa shape index (κ2) is 3.58. The molecule has 2 rings (SSSR count). The number of hydrogen-bond donors (Lipinski definition) is 1. The molecule has 2 fully saturated rings. The first-order chi connectivity index (χ1) is 6.22. The van der Waals surface area contributed by atoms with E-state index in [1.54, 1.807) is 0 Å². The van der Waals surface area contributed by atoms with Crippen molar-refractivity contribution in [1.29, 1.82) is 0 Å². The van der Waals surface area contributed by atoms with Crippen LogP contribution in [0.3, 0.4) is 0 Å². The predicted octanol–water partition coefficient (Wildman–Crippen LogP) is 1.63. The van der Waals surface area contributed by atoms with Crippen molar-refractivity contribution in [3.05, 3.63) is 0 Å². The van der Waals surface area contributed by atoms with Crippen LogP contribution in [0.5, 0.6) is 0 Å². The zero-order valence-corrected chi connectivity index (χ0v) is 8.63. The molecular weight excluding hydrogens is 162 g/mol. The molecule has 0 bridgehead atoms. The second-order valence-corrected chi connectivity index (χ2v) is 4.83. The lowest BCUT2D eigenvalue weighted by Gasteiger charge is -2.38. The van der Waals surface area contributed by atoms with Gasteiger partial charge in [0.2, 0.25) is 0 Å². The van der Waals surface area contributed by atoms with E-state index in [2.05, 4.69) is 11.8 Å². The molecule has 1 N–H and O–H groups in total. The number of hydrogen-bond acceptors (Lipinski definition) is 2. The summed E-state index contributed by atoms with van der Waals surface area (Å²) in [6.45, 7) is 5.87. The molecule has 1 saturated carbocycles. The third kappa shape index (κ3) is 2.05. The Balaban J connectivity index is 1.77. The molecule has 0 amide bonds. The maximum Gasteiger partial charge on any atom is 0.0651 e. The Bertz CT molecular complexity index is 177. The Morgan fingerprint density at radius 1 is 1.46 bits per heavy atom. The van der Waals surface area contributed by atoms with Crippen molar-refractivity contribution >= 4 is 0 Å². The van der Waals surface area contributed by atoms with Crippen LogP contribution in [0.4, 0.5) is 0 Å². The fourth-order valence-electron chi connectivity index (χ4n) is 2.69. The van der Waals surface area contributed by atoms with Crippen LogP contribution >= 0.6 is 0 Å². The molecule has 2 heteroatoms. The smallest absolute Gasteiger partial charge is 0.0651 e. The minimum atomic E-state index is -0.256. The van der Waals surface area contributed by atoms with Crippen LogP contribution in [0, 0.1) is 5.92 Å². The average Bonchev–Trinajstić information content (AvgIpc) is 2.49. The van der Waals surface area contributed by atoms with Gasteiger partial charge in [-0.2, -0.15) is 0 Å². The monoisotopic (exact) mass is 183 g/mol. The van der Waals surface area contributed by atoms with Gasteiger partial charge in [0.15, 0.2) is 0 Å². The SMILES string of the molecule is CCN1CCC(CC2(O)CCC2)C1. The van der Waals surface area contributed by atoms with Gasteiger partial charge in [0.1, 0.15) is 0 Å². The summed E-state index contributed by atoms with van der Waals surface area (Å²) in [6.07, 6.45) is 5.70. The Labute approximate surface area is 80.9 Å². The van der Waals surface area contributed by atoms with Gasteiger partial charge in [-0.25, -0.2) is 0 Å². The minimum absolute atomic E-state index is 0.256. The summed E-state index contributed by atoms with van der Waals surface area (Å²) in [5.41, 5.74) is -0.256. The summed E-state index contributed by atoms with van der Waals surface area (Å²) in [5.74, 6) is 0.769. The maximum atomic E-state index is 10.0. The van der Waals surface area contributed by atoms with Crippen LogP contribution in [0.15, 0.2) is 0 Å². The molecule has 0 spiro atoms. The standard InChI is InChI=1S/C11H21NO/c1-2-12-7-4-10(9-12)8-11(13)5-3-6-11/h10,13H,2-9H2,1H3. The van der Waals surface area contributed by atoms with E-state index in [9.17, 15) is 5.11 Å². The Kier molecular flexibility index (Phi) is 2.61. The molecule has 0 aromatic heterocycles. The van der Waals surface area contributed by atoms with Gasteiger partial charge in [0.25, 0.3) is 0 Å². The van der Waals surface area contributed by atoms with E-state index in [-0.39, 0.29) is 5.60 Å². The van der Waals surface area contributed by atoms with Crippen LogP contribution in [-0.4, -0.2) is 35.2 Å². The molecule has 2 nitrogen and oxygen atoms in total. The lowest BCUT2D eigenvalue weighted by Crippen LogP contribution is -2.39. The third-order valence-electron chi connectivity index (χ3n) is 3.77. The molecule has 76 valence electrons. The van der Waals surface area contributed by atoms with Gasteiger partial charge in [-0.15, -0.1) is 0 Å². The normalized spacial score (nSPS) is 33.2. The quantitative estimate of drug-likeness (QED) is 0.719. The number of aliphatic hydroxyl groups is 1. The van der Waals surface area contributed by atoms with Gasteiger partial charge in [-0.3, -0.25) is 0 Å². The molecule has 1 aliphatic heterocycles. The number of rotatable bonds is 3. The fourth-order valence-corrected chi connectivity index (χ4v) is 2.69. The number of likely N-dealkylation sites (tertiary alicyclic amines) is 1. The number of nitrogens with zero attached hydrogens (tertiary/aromatic N) is 1. The van der Waals surface area contributed by atoms with E-state index < -0.39 is 0 Å². The van der Waals surface area contributed by atoms with Gasteiger partial charge in [-0.05, 0) is 51.1 Å².